The van der Waals surface area contributed by atoms with E-state index in [2.05, 4.69) is 16.5 Å². The van der Waals surface area contributed by atoms with E-state index < -0.39 is 36.3 Å². The van der Waals surface area contributed by atoms with Crippen molar-refractivity contribution in [2.45, 2.75) is 51.4 Å². The molecule has 0 unspecified atom stereocenters. The number of aromatic nitrogens is 2. The fourth-order valence-electron chi connectivity index (χ4n) is 3.98. The van der Waals surface area contributed by atoms with Gasteiger partial charge in [-0.1, -0.05) is 32.1 Å². The average Bonchev–Trinajstić information content (AvgIpc) is 3.26. The van der Waals surface area contributed by atoms with Crippen LogP contribution >= 0.6 is 0 Å². The molecule has 39 heavy (non-hydrogen) atoms. The molecule has 0 radical (unpaired) electrons. The van der Waals surface area contributed by atoms with Gasteiger partial charge in [0, 0.05) is 18.5 Å². The number of rotatable bonds is 11. The molecule has 0 spiro atoms. The van der Waals surface area contributed by atoms with Gasteiger partial charge in [0.2, 0.25) is 0 Å². The van der Waals surface area contributed by atoms with Crippen molar-refractivity contribution in [1.82, 2.24) is 15.1 Å². The van der Waals surface area contributed by atoms with E-state index in [1.54, 1.807) is 30.3 Å². The fourth-order valence-corrected chi connectivity index (χ4v) is 3.98. The maximum absolute atomic E-state index is 13.6. The van der Waals surface area contributed by atoms with Crippen molar-refractivity contribution < 1.29 is 60.3 Å². The number of carbonyl (C=O) groups is 2. The number of aliphatic hydroxyl groups is 2. The molecule has 11 heteroatoms. The molecule has 9 nitrogen and oxygen atoms in total. The zero-order valence-electron chi connectivity index (χ0n) is 23.0. The van der Waals surface area contributed by atoms with E-state index in [0.29, 0.717) is 22.5 Å². The van der Waals surface area contributed by atoms with Crippen LogP contribution in [0.25, 0.3) is 11.8 Å². The van der Waals surface area contributed by atoms with E-state index >= 15 is 0 Å². The summed E-state index contributed by atoms with van der Waals surface area (Å²) in [6, 6.07) is 14.5. The quantitative estimate of drug-likeness (QED) is 0.259. The normalized spacial score (nSPS) is 12.5. The first kappa shape index (κ1) is 31.9. The van der Waals surface area contributed by atoms with Crippen LogP contribution in [0.2, 0.25) is 0 Å². The number of aliphatic hydroxyl groups excluding tert-OH is 2. The number of hydrogen-bond acceptors (Lipinski definition) is 6. The third kappa shape index (κ3) is 8.85. The third-order valence-electron chi connectivity index (χ3n) is 5.73. The number of aliphatic carboxylic acids is 1. The Morgan fingerprint density at radius 2 is 1.90 bits per heavy atom. The summed E-state index contributed by atoms with van der Waals surface area (Å²) in [6.07, 6.45) is -0.151. The number of carboxylic acid groups (broad SMARTS) is 1. The molecule has 0 saturated heterocycles. The van der Waals surface area contributed by atoms with Gasteiger partial charge in [-0.25, -0.2) is 9.07 Å². The van der Waals surface area contributed by atoms with Crippen molar-refractivity contribution in [3.63, 3.8) is 0 Å². The zero-order chi connectivity index (χ0) is 27.8. The SMILES string of the molecule is CC(C)c1c(C(=O)NCc2cccc(C#N)c2)nn(-c2ccc(F)cc2)c1/C=C/[C@H](O)C[C@@H](O)CC(=O)O.[H-].[Na+]. The Hall–Kier alpha value is -3.33. The van der Waals surface area contributed by atoms with Gasteiger partial charge >= 0.3 is 35.5 Å². The van der Waals surface area contributed by atoms with Gasteiger partial charge in [0.15, 0.2) is 5.69 Å². The molecular formula is C28H30FN4NaO5. The van der Waals surface area contributed by atoms with Crippen molar-refractivity contribution in [2.24, 2.45) is 0 Å². The average molecular weight is 545 g/mol. The van der Waals surface area contributed by atoms with Gasteiger partial charge in [0.25, 0.3) is 5.91 Å². The van der Waals surface area contributed by atoms with Crippen LogP contribution in [0.3, 0.4) is 0 Å². The van der Waals surface area contributed by atoms with Crippen LogP contribution in [0.5, 0.6) is 0 Å². The van der Waals surface area contributed by atoms with Gasteiger partial charge in [-0.05, 0) is 54.0 Å². The smallest absolute Gasteiger partial charge is 1.00 e. The molecule has 0 saturated carbocycles. The standard InChI is InChI=1S/C28H29FN4O5.Na.H/c1-17(2)26-24(11-10-22(34)13-23(35)14-25(36)37)33(21-8-6-20(29)7-9-21)32-27(26)28(38)31-16-19-5-3-4-18(12-19)15-30;;/h3-12,17,22-23,34-35H,13-14,16H2,1-2H3,(H,31,38)(H,36,37);;/q;+1;-1/b11-10+;;/t22-,23+;;/m0../s1. The van der Waals surface area contributed by atoms with Crippen LogP contribution in [-0.2, 0) is 11.3 Å². The topological polar surface area (TPSA) is 148 Å². The van der Waals surface area contributed by atoms with Crippen LogP contribution < -0.4 is 34.9 Å². The first-order valence-electron chi connectivity index (χ1n) is 12.0. The molecule has 1 aromatic heterocycles. The van der Waals surface area contributed by atoms with Gasteiger partial charge in [0.05, 0.1) is 41.6 Å². The second kappa shape index (κ2) is 14.7. The fraction of sp³-hybridized carbons (Fsp3) is 0.286. The number of nitrogens with one attached hydrogen (secondary N) is 1. The van der Waals surface area contributed by atoms with Crippen molar-refractivity contribution in [2.75, 3.05) is 0 Å². The minimum atomic E-state index is -1.24. The number of halogens is 1. The summed E-state index contributed by atoms with van der Waals surface area (Å²) in [5.41, 5.74) is 2.88. The molecule has 3 rings (SSSR count). The van der Waals surface area contributed by atoms with E-state index in [4.69, 9.17) is 10.4 Å². The first-order valence-corrected chi connectivity index (χ1v) is 12.0. The maximum Gasteiger partial charge on any atom is 1.00 e. The number of amides is 1. The Morgan fingerprint density at radius 3 is 2.51 bits per heavy atom. The van der Waals surface area contributed by atoms with Crippen LogP contribution in [0.4, 0.5) is 4.39 Å². The van der Waals surface area contributed by atoms with Crippen LogP contribution in [0.15, 0.2) is 54.6 Å². The van der Waals surface area contributed by atoms with Crippen molar-refractivity contribution >= 4 is 18.0 Å². The Morgan fingerprint density at radius 1 is 1.21 bits per heavy atom. The van der Waals surface area contributed by atoms with Crippen molar-refractivity contribution in [1.29, 1.82) is 5.26 Å². The Bertz CT molecular complexity index is 1370. The molecule has 0 bridgehead atoms. The molecule has 0 aliphatic carbocycles. The molecule has 0 aliphatic rings. The molecule has 0 fully saturated rings. The summed E-state index contributed by atoms with van der Waals surface area (Å²) in [7, 11) is 0. The first-order chi connectivity index (χ1) is 18.1. The van der Waals surface area contributed by atoms with Crippen LogP contribution in [0.1, 0.15) is 66.9 Å². The summed E-state index contributed by atoms with van der Waals surface area (Å²) >= 11 is 0. The van der Waals surface area contributed by atoms with E-state index in [-0.39, 0.29) is 55.6 Å². The minimum Gasteiger partial charge on any atom is -1.00 e. The second-order valence-electron chi connectivity index (χ2n) is 9.10. The van der Waals surface area contributed by atoms with Gasteiger partial charge in [-0.2, -0.15) is 10.4 Å². The summed E-state index contributed by atoms with van der Waals surface area (Å²) in [6.45, 7) is 3.92. The summed E-state index contributed by atoms with van der Waals surface area (Å²) in [4.78, 5) is 24.1. The summed E-state index contributed by atoms with van der Waals surface area (Å²) < 4.78 is 15.1. The largest absolute Gasteiger partial charge is 1.00 e. The molecule has 1 amide bonds. The van der Waals surface area contributed by atoms with Gasteiger partial charge in [-0.15, -0.1) is 0 Å². The Labute approximate surface area is 249 Å². The molecule has 1 heterocycles. The number of benzene rings is 2. The van der Waals surface area contributed by atoms with Gasteiger partial charge in [-0.3, -0.25) is 9.59 Å². The molecular weight excluding hydrogens is 514 g/mol. The van der Waals surface area contributed by atoms with Crippen LogP contribution in [0, 0.1) is 17.1 Å². The van der Waals surface area contributed by atoms with Crippen molar-refractivity contribution in [3.05, 3.63) is 88.5 Å². The number of carbonyl (C=O) groups excluding carboxylic acids is 1. The number of carboxylic acids is 1. The Balaban J connectivity index is 0.00000400. The molecule has 4 N–H and O–H groups in total. The van der Waals surface area contributed by atoms with Crippen LogP contribution in [-0.4, -0.2) is 49.2 Å². The molecule has 2 atom stereocenters. The van der Waals surface area contributed by atoms with E-state index in [9.17, 15) is 24.2 Å². The second-order valence-corrected chi connectivity index (χ2v) is 9.10. The van der Waals surface area contributed by atoms with Gasteiger partial charge in [0.1, 0.15) is 5.82 Å². The molecule has 3 aromatic rings. The van der Waals surface area contributed by atoms with E-state index in [1.165, 1.54) is 35.0 Å². The van der Waals surface area contributed by atoms with E-state index in [0.717, 1.165) is 5.56 Å². The monoisotopic (exact) mass is 544 g/mol. The predicted octanol–water partition coefficient (Wildman–Crippen LogP) is 0.653. The van der Waals surface area contributed by atoms with Crippen molar-refractivity contribution in [3.8, 4) is 11.8 Å². The predicted molar refractivity (Wildman–Crippen MR) is 139 cm³/mol. The Kier molecular flexibility index (Phi) is 12.0. The minimum absolute atomic E-state index is 0. The summed E-state index contributed by atoms with van der Waals surface area (Å²) in [5, 5.41) is 45.5. The van der Waals surface area contributed by atoms with E-state index in [1.807, 2.05) is 13.8 Å². The molecule has 0 aliphatic heterocycles. The number of nitrogens with zero attached hydrogens (tertiary/aromatic N) is 3. The summed E-state index contributed by atoms with van der Waals surface area (Å²) in [5.74, 6) is -2.26. The third-order valence-corrected chi connectivity index (χ3v) is 5.73. The zero-order valence-corrected chi connectivity index (χ0v) is 24.0. The number of hydrogen-bond donors (Lipinski definition) is 4. The molecule has 2 aromatic carbocycles. The maximum atomic E-state index is 13.6. The molecule has 200 valence electrons. The number of nitriles is 1. The van der Waals surface area contributed by atoms with Gasteiger partial charge < -0.3 is 22.1 Å².